The van der Waals surface area contributed by atoms with Crippen LogP contribution in [0.2, 0.25) is 0 Å². The van der Waals surface area contributed by atoms with Crippen LogP contribution in [0.4, 0.5) is 5.82 Å². The van der Waals surface area contributed by atoms with E-state index in [1.807, 2.05) is 90.9 Å². The van der Waals surface area contributed by atoms with E-state index in [0.29, 0.717) is 38.2 Å². The summed E-state index contributed by atoms with van der Waals surface area (Å²) in [5, 5.41) is 18.4. The van der Waals surface area contributed by atoms with E-state index in [2.05, 4.69) is 47.9 Å². The van der Waals surface area contributed by atoms with Gasteiger partial charge >= 0.3 is 5.97 Å². The Balaban J connectivity index is 1.37. The van der Waals surface area contributed by atoms with Gasteiger partial charge in [0, 0.05) is 49.1 Å². The monoisotopic (exact) mass is 598 g/mol. The van der Waals surface area contributed by atoms with Gasteiger partial charge in [0.15, 0.2) is 0 Å². The smallest absolute Gasteiger partial charge is 0.352 e. The molecule has 6 rings (SSSR count). The Kier molecular flexibility index (Phi) is 8.43. The molecule has 0 aliphatic heterocycles. The number of hydrogen-bond acceptors (Lipinski definition) is 4. The largest absolute Gasteiger partial charge is 0.493 e. The number of nitrogens with zero attached hydrogens (tertiary/aromatic N) is 4. The summed E-state index contributed by atoms with van der Waals surface area (Å²) in [6.07, 6.45) is 3.15. The zero-order valence-electron chi connectivity index (χ0n) is 26.0. The van der Waals surface area contributed by atoms with Crippen LogP contribution in [0.3, 0.4) is 0 Å². The van der Waals surface area contributed by atoms with Crippen molar-refractivity contribution >= 4 is 33.5 Å². The summed E-state index contributed by atoms with van der Waals surface area (Å²) >= 11 is 0. The van der Waals surface area contributed by atoms with Gasteiger partial charge in [0.25, 0.3) is 0 Å². The molecule has 0 amide bonds. The molecule has 0 unspecified atom stereocenters. The van der Waals surface area contributed by atoms with Crippen LogP contribution in [0, 0.1) is 6.92 Å². The highest BCUT2D eigenvalue weighted by molar-refractivity contribution is 6.05. The van der Waals surface area contributed by atoms with Crippen LogP contribution in [0.5, 0.6) is 5.75 Å². The minimum Gasteiger partial charge on any atom is -0.493 e. The Hall–Kier alpha value is -5.30. The molecule has 0 bridgehead atoms. The van der Waals surface area contributed by atoms with Crippen LogP contribution < -0.4 is 9.64 Å². The lowest BCUT2D eigenvalue weighted by molar-refractivity contribution is 0.0685. The Bertz CT molecular complexity index is 2000. The van der Waals surface area contributed by atoms with E-state index in [1.54, 1.807) is 0 Å². The lowest BCUT2D eigenvalue weighted by Crippen LogP contribution is -2.25. The normalized spacial score (nSPS) is 11.3. The molecule has 0 saturated carbocycles. The lowest BCUT2D eigenvalue weighted by Gasteiger charge is -2.25. The van der Waals surface area contributed by atoms with Crippen molar-refractivity contribution in [3.05, 3.63) is 126 Å². The minimum atomic E-state index is -0.940. The summed E-state index contributed by atoms with van der Waals surface area (Å²) in [4.78, 5) is 15.0. The summed E-state index contributed by atoms with van der Waals surface area (Å²) in [6, 6.07) is 30.7. The van der Waals surface area contributed by atoms with E-state index in [-0.39, 0.29) is 0 Å². The van der Waals surface area contributed by atoms with Gasteiger partial charge in [0.05, 0.1) is 17.8 Å². The molecule has 0 fully saturated rings. The van der Waals surface area contributed by atoms with Gasteiger partial charge < -0.3 is 19.3 Å². The molecule has 6 aromatic rings. The number of aromatic nitrogens is 3. The molecule has 2 heterocycles. The number of benzene rings is 4. The van der Waals surface area contributed by atoms with Gasteiger partial charge in [0.1, 0.15) is 17.3 Å². The predicted molar refractivity (Wildman–Crippen MR) is 182 cm³/mol. The molecule has 0 aliphatic rings. The zero-order valence-corrected chi connectivity index (χ0v) is 26.0. The summed E-state index contributed by atoms with van der Waals surface area (Å²) in [5.41, 5.74) is 6.02. The Morgan fingerprint density at radius 1 is 0.956 bits per heavy atom. The highest BCUT2D eigenvalue weighted by Crippen LogP contribution is 2.41. The zero-order chi connectivity index (χ0) is 31.5. The number of ether oxygens (including phenoxy) is 1. The van der Waals surface area contributed by atoms with Crippen LogP contribution in [0.15, 0.2) is 104 Å². The Morgan fingerprint density at radius 2 is 1.67 bits per heavy atom. The van der Waals surface area contributed by atoms with Gasteiger partial charge in [-0.1, -0.05) is 91.0 Å². The second kappa shape index (κ2) is 12.7. The Morgan fingerprint density at radius 3 is 2.44 bits per heavy atom. The molecule has 7 heteroatoms. The number of hydrogen-bond donors (Lipinski definition) is 1. The van der Waals surface area contributed by atoms with Crippen molar-refractivity contribution in [1.82, 2.24) is 14.3 Å². The number of fused-ring (bicyclic) bond motifs is 2. The van der Waals surface area contributed by atoms with Gasteiger partial charge in [-0.05, 0) is 42.3 Å². The highest BCUT2D eigenvalue weighted by Gasteiger charge is 2.27. The number of rotatable bonds is 12. The van der Waals surface area contributed by atoms with Crippen LogP contribution in [-0.2, 0) is 27.1 Å². The molecule has 0 aliphatic carbocycles. The lowest BCUT2D eigenvalue weighted by atomic mass is 9.99. The third-order valence-corrected chi connectivity index (χ3v) is 8.43. The first kappa shape index (κ1) is 29.8. The molecular weight excluding hydrogens is 560 g/mol. The van der Waals surface area contributed by atoms with E-state index in [9.17, 15) is 9.90 Å². The van der Waals surface area contributed by atoms with Crippen molar-refractivity contribution in [3.63, 3.8) is 0 Å². The first-order chi connectivity index (χ1) is 21.9. The van der Waals surface area contributed by atoms with Gasteiger partial charge in [-0.15, -0.1) is 6.58 Å². The van der Waals surface area contributed by atoms with Crippen molar-refractivity contribution in [1.29, 1.82) is 0 Å². The predicted octanol–water partition coefficient (Wildman–Crippen LogP) is 7.94. The first-order valence-corrected chi connectivity index (χ1v) is 15.3. The van der Waals surface area contributed by atoms with E-state index < -0.39 is 5.97 Å². The quantitative estimate of drug-likeness (QED) is 0.114. The maximum atomic E-state index is 12.7. The van der Waals surface area contributed by atoms with Gasteiger partial charge in [0.2, 0.25) is 0 Å². The Labute approximate surface area is 263 Å². The van der Waals surface area contributed by atoms with Crippen LogP contribution in [0.1, 0.15) is 33.7 Å². The molecular formula is C38H38N4O3. The molecule has 0 atom stereocenters. The molecule has 45 heavy (non-hydrogen) atoms. The number of carboxylic acid groups (broad SMARTS) is 1. The van der Waals surface area contributed by atoms with Crippen LogP contribution >= 0.6 is 0 Å². The van der Waals surface area contributed by atoms with Crippen molar-refractivity contribution in [2.24, 2.45) is 14.1 Å². The number of anilines is 1. The average Bonchev–Trinajstić information content (AvgIpc) is 3.51. The summed E-state index contributed by atoms with van der Waals surface area (Å²) in [7, 11) is 3.81. The second-order valence-electron chi connectivity index (χ2n) is 11.4. The number of aromatic carboxylic acids is 1. The fourth-order valence-corrected chi connectivity index (χ4v) is 6.58. The first-order valence-electron chi connectivity index (χ1n) is 15.3. The molecule has 7 nitrogen and oxygen atoms in total. The van der Waals surface area contributed by atoms with Gasteiger partial charge in [-0.25, -0.2) is 4.79 Å². The average molecular weight is 599 g/mol. The van der Waals surface area contributed by atoms with Gasteiger partial charge in [-0.2, -0.15) is 5.10 Å². The van der Waals surface area contributed by atoms with E-state index >= 15 is 0 Å². The topological polar surface area (TPSA) is 72.5 Å². The summed E-state index contributed by atoms with van der Waals surface area (Å²) in [5.74, 6) is 0.864. The third kappa shape index (κ3) is 5.69. The van der Waals surface area contributed by atoms with Crippen molar-refractivity contribution in [2.75, 3.05) is 18.1 Å². The maximum Gasteiger partial charge on any atom is 0.352 e. The number of aryl methyl sites for hydroxylation is 4. The minimum absolute atomic E-state index is 0.304. The highest BCUT2D eigenvalue weighted by atomic mass is 16.5. The molecule has 0 radical (unpaired) electrons. The van der Waals surface area contributed by atoms with E-state index in [0.717, 1.165) is 55.6 Å². The molecule has 2 aromatic heterocycles. The fourth-order valence-electron chi connectivity index (χ4n) is 6.58. The molecule has 0 spiro atoms. The van der Waals surface area contributed by atoms with Crippen LogP contribution in [-0.4, -0.2) is 38.6 Å². The summed E-state index contributed by atoms with van der Waals surface area (Å²) < 4.78 is 9.96. The van der Waals surface area contributed by atoms with E-state index in [1.165, 1.54) is 5.56 Å². The summed E-state index contributed by atoms with van der Waals surface area (Å²) in [6.45, 7) is 7.83. The molecule has 228 valence electrons. The number of carboxylic acids is 1. The molecule has 0 saturated heterocycles. The maximum absolute atomic E-state index is 12.7. The number of carbonyl (C=O) groups is 1. The molecule has 4 aromatic carbocycles. The molecule has 1 N–H and O–H groups in total. The second-order valence-corrected chi connectivity index (χ2v) is 11.4. The van der Waals surface area contributed by atoms with Crippen molar-refractivity contribution in [2.45, 2.75) is 26.3 Å². The third-order valence-electron chi connectivity index (χ3n) is 8.43. The van der Waals surface area contributed by atoms with Crippen LogP contribution in [0.25, 0.3) is 32.8 Å². The SMILES string of the molecule is C=CCN(Cc1ccccc1)c1c(-c2cccc3c(CCCOc4cccc5ccccc45)c(C(=O)O)n(C)c23)c(C)nn1C. The fraction of sp³-hybridized carbons (Fsp3) is 0.211. The van der Waals surface area contributed by atoms with Crippen molar-refractivity contribution in [3.8, 4) is 16.9 Å². The van der Waals surface area contributed by atoms with Crippen molar-refractivity contribution < 1.29 is 14.6 Å². The van der Waals surface area contributed by atoms with E-state index in [4.69, 9.17) is 9.84 Å². The van der Waals surface area contributed by atoms with Gasteiger partial charge in [-0.3, -0.25) is 4.68 Å². The standard InChI is InChI=1S/C38H38N4O3/c1-5-23-42(25-27-14-7-6-8-15-27)37-34(26(2)39-41(37)4)32-20-12-19-30-31(36(38(43)44)40(3)35(30)32)21-13-24-45-33-22-11-17-28-16-9-10-18-29(28)33/h5-12,14-20,22H,1,13,21,23-25H2,2-4H3,(H,43,44). The number of para-hydroxylation sites is 1.